The lowest BCUT2D eigenvalue weighted by Gasteiger charge is -2.06. The molecule has 24 heavy (non-hydrogen) atoms. The van der Waals surface area contributed by atoms with Gasteiger partial charge in [0.05, 0.1) is 11.9 Å². The van der Waals surface area contributed by atoms with E-state index in [1.807, 2.05) is 0 Å². The first-order valence-corrected chi connectivity index (χ1v) is 7.80. The first-order valence-electron chi connectivity index (χ1n) is 6.92. The highest BCUT2D eigenvalue weighted by atomic mass is 32.1. The second kappa shape index (κ2) is 6.96. The Morgan fingerprint density at radius 1 is 1.21 bits per heavy atom. The maximum Gasteiger partial charge on any atom is 0.278 e. The number of carbonyl (C=O) groups is 2. The number of amides is 2. The number of rotatable bonds is 5. The predicted molar refractivity (Wildman–Crippen MR) is 87.6 cm³/mol. The highest BCUT2D eigenvalue weighted by molar-refractivity contribution is 7.13. The van der Waals surface area contributed by atoms with Crippen molar-refractivity contribution in [1.82, 2.24) is 25.3 Å². The molecule has 0 unspecified atom stereocenters. The minimum atomic E-state index is -0.518. The number of nitrogens with one attached hydrogen (secondary N) is 2. The van der Waals surface area contributed by atoms with E-state index in [1.165, 1.54) is 11.3 Å². The molecule has 0 saturated carbocycles. The summed E-state index contributed by atoms with van der Waals surface area (Å²) in [6, 6.07) is 6.73. The summed E-state index contributed by atoms with van der Waals surface area (Å²) in [4.78, 5) is 39.6. The molecule has 0 aliphatic carbocycles. The Balaban J connectivity index is 1.60. The molecule has 3 rings (SSSR count). The lowest BCUT2D eigenvalue weighted by atomic mass is 10.2. The highest BCUT2D eigenvalue weighted by Crippen LogP contribution is 2.09. The Bertz CT molecular complexity index is 937. The van der Waals surface area contributed by atoms with Crippen molar-refractivity contribution in [1.29, 1.82) is 0 Å². The summed E-state index contributed by atoms with van der Waals surface area (Å²) in [6.07, 6.45) is 1.56. The molecule has 0 aliphatic rings. The van der Waals surface area contributed by atoms with E-state index in [4.69, 9.17) is 0 Å². The van der Waals surface area contributed by atoms with Gasteiger partial charge in [0.15, 0.2) is 5.13 Å². The van der Waals surface area contributed by atoms with Gasteiger partial charge in [0.1, 0.15) is 12.1 Å². The van der Waals surface area contributed by atoms with Gasteiger partial charge in [-0.3, -0.25) is 14.4 Å². The molecule has 0 aliphatic heterocycles. The summed E-state index contributed by atoms with van der Waals surface area (Å²) in [5, 5.41) is 15.1. The van der Waals surface area contributed by atoms with Crippen LogP contribution < -0.4 is 16.2 Å². The zero-order valence-corrected chi connectivity index (χ0v) is 13.1. The summed E-state index contributed by atoms with van der Waals surface area (Å²) in [5.74, 6) is -0.925. The van der Waals surface area contributed by atoms with Gasteiger partial charge in [-0.15, -0.1) is 16.4 Å². The van der Waals surface area contributed by atoms with Gasteiger partial charge in [0.2, 0.25) is 11.8 Å². The predicted octanol–water partition coefficient (Wildman–Crippen LogP) is 0.00290. The summed E-state index contributed by atoms with van der Waals surface area (Å²) in [6.45, 7) is -0.546. The minimum absolute atomic E-state index is 0.228. The fraction of sp³-hybridized carbons (Fsp3) is 0.143. The van der Waals surface area contributed by atoms with E-state index < -0.39 is 17.4 Å². The molecule has 10 heteroatoms. The molecule has 0 radical (unpaired) electrons. The molecular weight excluding hydrogens is 332 g/mol. The summed E-state index contributed by atoms with van der Waals surface area (Å²) < 4.78 is 0.955. The topological polar surface area (TPSA) is 119 Å². The Kier molecular flexibility index (Phi) is 4.57. The lowest BCUT2D eigenvalue weighted by Crippen LogP contribution is -2.38. The van der Waals surface area contributed by atoms with E-state index in [-0.39, 0.29) is 13.1 Å². The molecule has 0 spiro atoms. The minimum Gasteiger partial charge on any atom is -0.345 e. The second-order valence-corrected chi connectivity index (χ2v) is 5.63. The quantitative estimate of drug-likeness (QED) is 0.673. The summed E-state index contributed by atoms with van der Waals surface area (Å²) in [7, 11) is 0. The number of hydrogen-bond donors (Lipinski definition) is 2. The van der Waals surface area contributed by atoms with Gasteiger partial charge in [-0.2, -0.15) is 0 Å². The maximum atomic E-state index is 12.2. The molecular formula is C14H12N6O3S. The Morgan fingerprint density at radius 2 is 2.04 bits per heavy atom. The molecule has 0 bridgehead atoms. The smallest absolute Gasteiger partial charge is 0.278 e. The average Bonchev–Trinajstić information content (AvgIpc) is 3.09. The third-order valence-corrected chi connectivity index (χ3v) is 3.74. The number of nitrogens with zero attached hydrogens (tertiary/aromatic N) is 4. The van der Waals surface area contributed by atoms with Gasteiger partial charge in [-0.25, -0.2) is 9.67 Å². The monoisotopic (exact) mass is 344 g/mol. The molecule has 1 aromatic carbocycles. The van der Waals surface area contributed by atoms with Gasteiger partial charge in [0.25, 0.3) is 5.56 Å². The highest BCUT2D eigenvalue weighted by Gasteiger charge is 2.11. The SMILES string of the molecule is O=C(Cn1nnc2ccccc2c1=O)NCC(=O)Nc1nccs1. The van der Waals surface area contributed by atoms with E-state index in [0.717, 1.165) is 4.68 Å². The van der Waals surface area contributed by atoms with Crippen molar-refractivity contribution in [2.45, 2.75) is 6.54 Å². The van der Waals surface area contributed by atoms with E-state index in [1.54, 1.807) is 35.8 Å². The van der Waals surface area contributed by atoms with Crippen LogP contribution in [0.25, 0.3) is 10.9 Å². The molecule has 2 amide bonds. The van der Waals surface area contributed by atoms with E-state index in [9.17, 15) is 14.4 Å². The zero-order chi connectivity index (χ0) is 16.9. The van der Waals surface area contributed by atoms with Crippen LogP contribution in [0.15, 0.2) is 40.6 Å². The number of fused-ring (bicyclic) bond motifs is 1. The van der Waals surface area contributed by atoms with Crippen LogP contribution in [0.2, 0.25) is 0 Å². The molecule has 2 N–H and O–H groups in total. The van der Waals surface area contributed by atoms with E-state index in [0.29, 0.717) is 16.0 Å². The first kappa shape index (κ1) is 15.7. The second-order valence-electron chi connectivity index (χ2n) is 4.73. The summed E-state index contributed by atoms with van der Waals surface area (Å²) in [5.41, 5.74) is 0.0463. The van der Waals surface area contributed by atoms with Crippen molar-refractivity contribution in [2.75, 3.05) is 11.9 Å². The first-order chi connectivity index (χ1) is 11.6. The maximum absolute atomic E-state index is 12.2. The largest absolute Gasteiger partial charge is 0.345 e. The number of hydrogen-bond acceptors (Lipinski definition) is 7. The van der Waals surface area contributed by atoms with Crippen molar-refractivity contribution >= 4 is 39.2 Å². The Morgan fingerprint density at radius 3 is 2.83 bits per heavy atom. The third-order valence-electron chi connectivity index (χ3n) is 3.05. The van der Waals surface area contributed by atoms with Gasteiger partial charge in [-0.1, -0.05) is 17.3 Å². The number of benzene rings is 1. The molecule has 2 heterocycles. The number of anilines is 1. The average molecular weight is 344 g/mol. The van der Waals surface area contributed by atoms with Gasteiger partial charge in [-0.05, 0) is 12.1 Å². The molecule has 0 saturated heterocycles. The molecule has 122 valence electrons. The fourth-order valence-electron chi connectivity index (χ4n) is 1.95. The van der Waals surface area contributed by atoms with Crippen molar-refractivity contribution in [3.8, 4) is 0 Å². The van der Waals surface area contributed by atoms with Crippen molar-refractivity contribution in [3.05, 3.63) is 46.2 Å². The van der Waals surface area contributed by atoms with Crippen LogP contribution in [0, 0.1) is 0 Å². The van der Waals surface area contributed by atoms with Crippen LogP contribution in [0.1, 0.15) is 0 Å². The summed E-state index contributed by atoms with van der Waals surface area (Å²) >= 11 is 1.27. The fourth-order valence-corrected chi connectivity index (χ4v) is 2.49. The molecule has 9 nitrogen and oxygen atoms in total. The number of thiazole rings is 1. The van der Waals surface area contributed by atoms with Gasteiger partial charge >= 0.3 is 0 Å². The van der Waals surface area contributed by atoms with Crippen LogP contribution in [0.5, 0.6) is 0 Å². The van der Waals surface area contributed by atoms with E-state index >= 15 is 0 Å². The third kappa shape index (κ3) is 3.60. The van der Waals surface area contributed by atoms with Crippen molar-refractivity contribution in [2.24, 2.45) is 0 Å². The van der Waals surface area contributed by atoms with Crippen LogP contribution >= 0.6 is 11.3 Å². The molecule has 2 aromatic heterocycles. The zero-order valence-electron chi connectivity index (χ0n) is 12.3. The van der Waals surface area contributed by atoms with Crippen molar-refractivity contribution < 1.29 is 9.59 Å². The van der Waals surface area contributed by atoms with Crippen molar-refractivity contribution in [3.63, 3.8) is 0 Å². The van der Waals surface area contributed by atoms with Crippen LogP contribution in [-0.4, -0.2) is 38.3 Å². The molecule has 0 fully saturated rings. The van der Waals surface area contributed by atoms with E-state index in [2.05, 4.69) is 25.9 Å². The standard InChI is InChI=1S/C14H12N6O3S/c21-11(17-14-15-5-6-24-14)7-16-12(22)8-20-13(23)9-3-1-2-4-10(9)18-19-20/h1-6H,7-8H2,(H,16,22)(H,15,17,21). The Labute approximate surface area is 139 Å². The number of aromatic nitrogens is 4. The van der Waals surface area contributed by atoms with Crippen LogP contribution in [0.3, 0.4) is 0 Å². The number of carbonyl (C=O) groups excluding carboxylic acids is 2. The normalized spacial score (nSPS) is 10.5. The van der Waals surface area contributed by atoms with Gasteiger partial charge < -0.3 is 10.6 Å². The van der Waals surface area contributed by atoms with Gasteiger partial charge in [0, 0.05) is 11.6 Å². The molecule has 0 atom stereocenters. The van der Waals surface area contributed by atoms with Crippen LogP contribution in [-0.2, 0) is 16.1 Å². The lowest BCUT2D eigenvalue weighted by molar-refractivity contribution is -0.124. The van der Waals surface area contributed by atoms with Crippen LogP contribution in [0.4, 0.5) is 5.13 Å². The molecule has 3 aromatic rings. The Hall–Kier alpha value is -3.14.